The lowest BCUT2D eigenvalue weighted by molar-refractivity contribution is -0.140. The molecule has 3 rings (SSSR count). The molecule has 3 N–H and O–H groups in total. The van der Waals surface area contributed by atoms with Crippen LogP contribution in [0.2, 0.25) is 0 Å². The Bertz CT molecular complexity index is 885. The van der Waals surface area contributed by atoms with Crippen molar-refractivity contribution in [3.63, 3.8) is 0 Å². The number of benzene rings is 1. The van der Waals surface area contributed by atoms with Gasteiger partial charge in [-0.1, -0.05) is 48.5 Å². The van der Waals surface area contributed by atoms with Crippen LogP contribution in [0.3, 0.4) is 0 Å². The molecular weight excluding hydrogens is 378 g/mol. The van der Waals surface area contributed by atoms with Crippen LogP contribution in [0, 0.1) is 5.92 Å². The van der Waals surface area contributed by atoms with Gasteiger partial charge in [0.05, 0.1) is 12.8 Å². The second-order valence-corrected chi connectivity index (χ2v) is 6.83. The van der Waals surface area contributed by atoms with Crippen LogP contribution in [-0.2, 0) is 22.7 Å². The zero-order valence-corrected chi connectivity index (χ0v) is 16.1. The topological polar surface area (TPSA) is 89.8 Å². The zero-order chi connectivity index (χ0) is 19.9. The molecule has 0 unspecified atom stereocenters. The van der Waals surface area contributed by atoms with Crippen molar-refractivity contribution in [3.8, 4) is 0 Å². The molecule has 146 valence electrons. The number of halogens is 1. The molecule has 7 heteroatoms. The fourth-order valence-corrected chi connectivity index (χ4v) is 2.63. The Morgan fingerprint density at radius 2 is 2.04 bits per heavy atom. The van der Waals surface area contributed by atoms with Crippen molar-refractivity contribution in [3.05, 3.63) is 83.1 Å². The number of furan rings is 1. The Labute approximate surface area is 168 Å². The third-order valence-corrected chi connectivity index (χ3v) is 4.58. The van der Waals surface area contributed by atoms with Crippen LogP contribution in [-0.4, -0.2) is 11.8 Å². The summed E-state index contributed by atoms with van der Waals surface area (Å²) in [5.41, 5.74) is 7.60. The number of carbonyl (C=O) groups is 1. The van der Waals surface area contributed by atoms with Crippen LogP contribution in [0.5, 0.6) is 0 Å². The van der Waals surface area contributed by atoms with E-state index in [4.69, 9.17) is 26.5 Å². The van der Waals surface area contributed by atoms with Gasteiger partial charge in [-0.25, -0.2) is 4.79 Å². The molecule has 2 aromatic rings. The van der Waals surface area contributed by atoms with Crippen molar-refractivity contribution in [1.29, 1.82) is 0 Å². The van der Waals surface area contributed by atoms with Crippen molar-refractivity contribution in [2.45, 2.75) is 26.0 Å². The second-order valence-electron chi connectivity index (χ2n) is 6.46. The number of ether oxygens (including phenoxy) is 1. The monoisotopic (exact) mass is 399 g/mol. The van der Waals surface area contributed by atoms with Crippen LogP contribution in [0.15, 0.2) is 81.1 Å². The van der Waals surface area contributed by atoms with Gasteiger partial charge in [-0.2, -0.15) is 0 Å². The average molecular weight is 400 g/mol. The van der Waals surface area contributed by atoms with Crippen LogP contribution >= 0.6 is 11.6 Å². The fourth-order valence-electron chi connectivity index (χ4n) is 2.45. The summed E-state index contributed by atoms with van der Waals surface area (Å²) in [5.74, 6) is 0.353. The van der Waals surface area contributed by atoms with E-state index < -0.39 is 5.97 Å². The molecule has 0 saturated heterocycles. The summed E-state index contributed by atoms with van der Waals surface area (Å²) in [6, 6.07) is 12.9. The standard InChI is InChI=1S/C21H22ClN3O3/c1-14(16-9-10-16)25-19(21(26)28-13-15-6-3-2-4-7-15)18(22)20(23)24-12-17-8-5-11-27-17/h2-8,11,16,25H,1,9-10,12-13H2,(H2,23,24). The van der Waals surface area contributed by atoms with E-state index >= 15 is 0 Å². The highest BCUT2D eigenvalue weighted by atomic mass is 35.5. The van der Waals surface area contributed by atoms with Gasteiger partial charge in [0, 0.05) is 5.70 Å². The molecule has 1 fully saturated rings. The number of esters is 1. The first-order valence-corrected chi connectivity index (χ1v) is 9.31. The van der Waals surface area contributed by atoms with Gasteiger partial charge in [0.1, 0.15) is 28.9 Å². The van der Waals surface area contributed by atoms with E-state index in [-0.39, 0.29) is 29.7 Å². The van der Waals surface area contributed by atoms with Gasteiger partial charge in [0.2, 0.25) is 0 Å². The van der Waals surface area contributed by atoms with Gasteiger partial charge >= 0.3 is 5.97 Å². The molecule has 0 radical (unpaired) electrons. The third-order valence-electron chi connectivity index (χ3n) is 4.20. The van der Waals surface area contributed by atoms with Crippen molar-refractivity contribution in [1.82, 2.24) is 5.32 Å². The molecule has 1 saturated carbocycles. The third kappa shape index (κ3) is 5.50. The highest BCUT2D eigenvalue weighted by Gasteiger charge is 2.28. The van der Waals surface area contributed by atoms with E-state index in [9.17, 15) is 4.79 Å². The van der Waals surface area contributed by atoms with Crippen LogP contribution in [0.25, 0.3) is 0 Å². The molecule has 6 nitrogen and oxygen atoms in total. The Morgan fingerprint density at radius 1 is 1.29 bits per heavy atom. The molecule has 0 amide bonds. The molecular formula is C21H22ClN3O3. The van der Waals surface area contributed by atoms with Gasteiger partial charge in [-0.3, -0.25) is 4.99 Å². The zero-order valence-electron chi connectivity index (χ0n) is 15.4. The highest BCUT2D eigenvalue weighted by molar-refractivity contribution is 6.44. The Morgan fingerprint density at radius 3 is 2.68 bits per heavy atom. The Hall–Kier alpha value is -2.99. The number of amidine groups is 1. The number of nitrogens with one attached hydrogen (secondary N) is 1. The minimum absolute atomic E-state index is 0.00795. The number of rotatable bonds is 9. The molecule has 1 aromatic heterocycles. The molecule has 1 aliphatic rings. The molecule has 1 heterocycles. The van der Waals surface area contributed by atoms with Crippen LogP contribution in [0.1, 0.15) is 24.2 Å². The van der Waals surface area contributed by atoms with Gasteiger partial charge in [-0.15, -0.1) is 0 Å². The largest absolute Gasteiger partial charge is 0.467 e. The average Bonchev–Trinajstić information content (AvgIpc) is 3.44. The van der Waals surface area contributed by atoms with Gasteiger partial charge < -0.3 is 20.2 Å². The summed E-state index contributed by atoms with van der Waals surface area (Å²) < 4.78 is 10.6. The number of allylic oxidation sites excluding steroid dienone is 1. The number of aliphatic imine (C=N–C) groups is 1. The van der Waals surface area contributed by atoms with E-state index in [1.807, 2.05) is 30.3 Å². The summed E-state index contributed by atoms with van der Waals surface area (Å²) >= 11 is 6.37. The number of carbonyl (C=O) groups excluding carboxylic acids is 1. The van der Waals surface area contributed by atoms with Crippen LogP contribution in [0.4, 0.5) is 0 Å². The molecule has 0 bridgehead atoms. The maximum absolute atomic E-state index is 12.7. The maximum Gasteiger partial charge on any atom is 0.356 e. The first kappa shape index (κ1) is 19.8. The molecule has 1 aliphatic carbocycles. The summed E-state index contributed by atoms with van der Waals surface area (Å²) in [6.07, 6.45) is 3.60. The number of nitrogens with zero attached hydrogens (tertiary/aromatic N) is 1. The lowest BCUT2D eigenvalue weighted by atomic mass is 10.2. The SMILES string of the molecule is C=C(NC(C(=O)OCc1ccccc1)=C(Cl)C(N)=NCc1ccco1)C1CC1. The lowest BCUT2D eigenvalue weighted by Gasteiger charge is -2.14. The summed E-state index contributed by atoms with van der Waals surface area (Å²) in [7, 11) is 0. The highest BCUT2D eigenvalue weighted by Crippen LogP contribution is 2.34. The number of hydrogen-bond acceptors (Lipinski definition) is 5. The number of hydrogen-bond donors (Lipinski definition) is 2. The Kier molecular flexibility index (Phi) is 6.55. The normalized spacial score (nSPS) is 15.0. The second kappa shape index (κ2) is 9.28. The smallest absolute Gasteiger partial charge is 0.356 e. The first-order valence-electron chi connectivity index (χ1n) is 8.94. The van der Waals surface area contributed by atoms with E-state index in [0.29, 0.717) is 17.4 Å². The quantitative estimate of drug-likeness (QED) is 0.289. The van der Waals surface area contributed by atoms with E-state index in [1.165, 1.54) is 0 Å². The molecule has 1 aromatic carbocycles. The van der Waals surface area contributed by atoms with Crippen molar-refractivity contribution >= 4 is 23.4 Å². The van der Waals surface area contributed by atoms with Crippen LogP contribution < -0.4 is 11.1 Å². The molecule has 0 aliphatic heterocycles. The van der Waals surface area contributed by atoms with Crippen molar-refractivity contribution in [2.75, 3.05) is 0 Å². The molecule has 0 atom stereocenters. The summed E-state index contributed by atoms with van der Waals surface area (Å²) in [5, 5.41) is 2.98. The van der Waals surface area contributed by atoms with E-state index in [1.54, 1.807) is 18.4 Å². The van der Waals surface area contributed by atoms with Crippen molar-refractivity contribution < 1.29 is 13.9 Å². The van der Waals surface area contributed by atoms with Gasteiger partial charge in [0.25, 0.3) is 0 Å². The molecule has 0 spiro atoms. The minimum atomic E-state index is -0.619. The number of nitrogens with two attached hydrogens (primary N) is 1. The van der Waals surface area contributed by atoms with Crippen molar-refractivity contribution in [2.24, 2.45) is 16.6 Å². The van der Waals surface area contributed by atoms with E-state index in [2.05, 4.69) is 16.9 Å². The van der Waals surface area contributed by atoms with E-state index in [0.717, 1.165) is 18.4 Å². The maximum atomic E-state index is 12.7. The first-order chi connectivity index (χ1) is 13.5. The summed E-state index contributed by atoms with van der Waals surface area (Å²) in [6.45, 7) is 4.31. The Balaban J connectivity index is 1.75. The van der Waals surface area contributed by atoms with Gasteiger partial charge in [-0.05, 0) is 36.5 Å². The predicted molar refractivity (Wildman–Crippen MR) is 108 cm³/mol. The lowest BCUT2D eigenvalue weighted by Crippen LogP contribution is -2.27. The minimum Gasteiger partial charge on any atom is -0.467 e. The predicted octanol–water partition coefficient (Wildman–Crippen LogP) is 3.84. The fraction of sp³-hybridized carbons (Fsp3) is 0.238. The molecule has 28 heavy (non-hydrogen) atoms. The van der Waals surface area contributed by atoms with Gasteiger partial charge in [0.15, 0.2) is 0 Å². The summed E-state index contributed by atoms with van der Waals surface area (Å²) in [4.78, 5) is 16.9.